The number of non-ortho nitro benzene ring substituents is 1. The standard InChI is InChI=1S/C12H10ClN3O3/c1-2-10-11(13)14-7-15-12(10)19-9-5-3-4-8(6-9)16(17)18/h3-7H,2H2,1H3. The smallest absolute Gasteiger partial charge is 0.273 e. The molecule has 0 saturated heterocycles. The maximum atomic E-state index is 10.7. The normalized spacial score (nSPS) is 10.2. The van der Waals surface area contributed by atoms with Crippen LogP contribution in [0.3, 0.4) is 0 Å². The van der Waals surface area contributed by atoms with Crippen molar-refractivity contribution in [1.82, 2.24) is 9.97 Å². The molecule has 7 heteroatoms. The van der Waals surface area contributed by atoms with Gasteiger partial charge >= 0.3 is 0 Å². The van der Waals surface area contributed by atoms with E-state index in [2.05, 4.69) is 9.97 Å². The fraction of sp³-hybridized carbons (Fsp3) is 0.167. The molecule has 19 heavy (non-hydrogen) atoms. The van der Waals surface area contributed by atoms with E-state index in [1.165, 1.54) is 18.5 Å². The molecule has 0 aliphatic heterocycles. The lowest BCUT2D eigenvalue weighted by Gasteiger charge is -2.09. The number of rotatable bonds is 4. The molecule has 0 aliphatic carbocycles. The van der Waals surface area contributed by atoms with Gasteiger partial charge in [0.1, 0.15) is 17.2 Å². The van der Waals surface area contributed by atoms with Crippen molar-refractivity contribution in [2.24, 2.45) is 0 Å². The minimum atomic E-state index is -0.486. The molecule has 0 spiro atoms. The van der Waals surface area contributed by atoms with E-state index in [1.807, 2.05) is 6.92 Å². The third-order valence-electron chi connectivity index (χ3n) is 2.45. The van der Waals surface area contributed by atoms with Crippen LogP contribution < -0.4 is 4.74 Å². The molecule has 0 N–H and O–H groups in total. The molecule has 0 fully saturated rings. The largest absolute Gasteiger partial charge is 0.438 e. The summed E-state index contributed by atoms with van der Waals surface area (Å²) in [5.74, 6) is 0.640. The molecule has 6 nitrogen and oxygen atoms in total. The molecule has 0 unspecified atom stereocenters. The second kappa shape index (κ2) is 5.62. The first-order valence-electron chi connectivity index (χ1n) is 5.53. The van der Waals surface area contributed by atoms with Crippen molar-refractivity contribution in [3.63, 3.8) is 0 Å². The van der Waals surface area contributed by atoms with Gasteiger partial charge in [0.05, 0.1) is 16.6 Å². The van der Waals surface area contributed by atoms with Crippen LogP contribution in [0.4, 0.5) is 5.69 Å². The van der Waals surface area contributed by atoms with E-state index in [1.54, 1.807) is 12.1 Å². The molecule has 0 saturated carbocycles. The minimum absolute atomic E-state index is 0.0456. The second-order valence-corrected chi connectivity index (χ2v) is 4.02. The van der Waals surface area contributed by atoms with E-state index in [0.717, 1.165) is 0 Å². The van der Waals surface area contributed by atoms with E-state index in [-0.39, 0.29) is 5.69 Å². The van der Waals surface area contributed by atoms with Crippen LogP contribution in [0.1, 0.15) is 12.5 Å². The highest BCUT2D eigenvalue weighted by atomic mass is 35.5. The van der Waals surface area contributed by atoms with Crippen molar-refractivity contribution < 1.29 is 9.66 Å². The zero-order valence-electron chi connectivity index (χ0n) is 10.0. The van der Waals surface area contributed by atoms with Gasteiger partial charge in [0.25, 0.3) is 5.69 Å². The van der Waals surface area contributed by atoms with Crippen LogP contribution in [0, 0.1) is 10.1 Å². The van der Waals surface area contributed by atoms with Crippen LogP contribution in [-0.4, -0.2) is 14.9 Å². The highest BCUT2D eigenvalue weighted by molar-refractivity contribution is 6.30. The molecule has 98 valence electrons. The van der Waals surface area contributed by atoms with Gasteiger partial charge in [-0.25, -0.2) is 9.97 Å². The topological polar surface area (TPSA) is 78.2 Å². The predicted octanol–water partition coefficient (Wildman–Crippen LogP) is 3.39. The van der Waals surface area contributed by atoms with Gasteiger partial charge in [-0.05, 0) is 12.5 Å². The quantitative estimate of drug-likeness (QED) is 0.487. The predicted molar refractivity (Wildman–Crippen MR) is 69.6 cm³/mol. The first-order valence-corrected chi connectivity index (χ1v) is 5.91. The minimum Gasteiger partial charge on any atom is -0.438 e. The van der Waals surface area contributed by atoms with Gasteiger partial charge in [-0.2, -0.15) is 0 Å². The SMILES string of the molecule is CCc1c(Cl)ncnc1Oc1cccc([N+](=O)[O-])c1. The number of ether oxygens (including phenoxy) is 1. The number of nitro groups is 1. The molecule has 1 aromatic heterocycles. The Kier molecular flexibility index (Phi) is 3.91. The summed E-state index contributed by atoms with van der Waals surface area (Å²) < 4.78 is 5.53. The Hall–Kier alpha value is -2.21. The van der Waals surface area contributed by atoms with Crippen molar-refractivity contribution in [1.29, 1.82) is 0 Å². The molecule has 0 bridgehead atoms. The third-order valence-corrected chi connectivity index (χ3v) is 2.78. The molecule has 0 aliphatic rings. The zero-order valence-corrected chi connectivity index (χ0v) is 10.8. The fourth-order valence-corrected chi connectivity index (χ4v) is 1.79. The van der Waals surface area contributed by atoms with Crippen LogP contribution in [0.15, 0.2) is 30.6 Å². The Morgan fingerprint density at radius 1 is 1.42 bits per heavy atom. The van der Waals surface area contributed by atoms with Gasteiger partial charge in [0, 0.05) is 6.07 Å². The van der Waals surface area contributed by atoms with Gasteiger partial charge in [-0.1, -0.05) is 24.6 Å². The fourth-order valence-electron chi connectivity index (χ4n) is 1.53. The molecule has 0 amide bonds. The van der Waals surface area contributed by atoms with E-state index >= 15 is 0 Å². The summed E-state index contributed by atoms with van der Waals surface area (Å²) in [4.78, 5) is 18.1. The highest BCUT2D eigenvalue weighted by Crippen LogP contribution is 2.28. The van der Waals surface area contributed by atoms with Crippen molar-refractivity contribution in [2.75, 3.05) is 0 Å². The van der Waals surface area contributed by atoms with Gasteiger partial charge in [-0.3, -0.25) is 10.1 Å². The Morgan fingerprint density at radius 3 is 2.89 bits per heavy atom. The van der Waals surface area contributed by atoms with Crippen LogP contribution in [0.5, 0.6) is 11.6 Å². The molecule has 2 aromatic rings. The highest BCUT2D eigenvalue weighted by Gasteiger charge is 2.12. The maximum absolute atomic E-state index is 10.7. The maximum Gasteiger partial charge on any atom is 0.273 e. The average molecular weight is 280 g/mol. The van der Waals surface area contributed by atoms with Crippen LogP contribution in [-0.2, 0) is 6.42 Å². The number of hydrogen-bond acceptors (Lipinski definition) is 5. The summed E-state index contributed by atoms with van der Waals surface area (Å²) >= 11 is 5.94. The van der Waals surface area contributed by atoms with E-state index in [9.17, 15) is 10.1 Å². The molecule has 0 atom stereocenters. The number of benzene rings is 1. The number of aromatic nitrogens is 2. The lowest BCUT2D eigenvalue weighted by Crippen LogP contribution is -1.97. The van der Waals surface area contributed by atoms with Crippen molar-refractivity contribution in [3.8, 4) is 11.6 Å². The number of nitro benzene ring substituents is 1. The summed E-state index contributed by atoms with van der Waals surface area (Å²) in [6.45, 7) is 1.89. The zero-order chi connectivity index (χ0) is 13.8. The summed E-state index contributed by atoms with van der Waals surface area (Å²) in [6, 6.07) is 5.88. The molecular weight excluding hydrogens is 270 g/mol. The first-order chi connectivity index (χ1) is 9.11. The Labute approximate surface area is 114 Å². The van der Waals surface area contributed by atoms with Crippen LogP contribution in [0.25, 0.3) is 0 Å². The van der Waals surface area contributed by atoms with Crippen LogP contribution in [0.2, 0.25) is 5.15 Å². The van der Waals surface area contributed by atoms with Gasteiger partial charge in [0.15, 0.2) is 0 Å². The third kappa shape index (κ3) is 2.97. The molecule has 1 aromatic carbocycles. The van der Waals surface area contributed by atoms with Gasteiger partial charge < -0.3 is 4.74 Å². The van der Waals surface area contributed by atoms with Crippen molar-refractivity contribution in [2.45, 2.75) is 13.3 Å². The number of nitrogens with zero attached hydrogens (tertiary/aromatic N) is 3. The Balaban J connectivity index is 2.33. The number of halogens is 1. The van der Waals surface area contributed by atoms with E-state index in [4.69, 9.17) is 16.3 Å². The lowest BCUT2D eigenvalue weighted by atomic mass is 10.2. The van der Waals surface area contributed by atoms with Crippen LogP contribution >= 0.6 is 11.6 Å². The summed E-state index contributed by atoms with van der Waals surface area (Å²) in [5, 5.41) is 11.0. The van der Waals surface area contributed by atoms with Crippen molar-refractivity contribution in [3.05, 3.63) is 51.4 Å². The van der Waals surface area contributed by atoms with Crippen molar-refractivity contribution >= 4 is 17.3 Å². The Bertz CT molecular complexity index is 619. The number of hydrogen-bond donors (Lipinski definition) is 0. The average Bonchev–Trinajstić information content (AvgIpc) is 2.39. The van der Waals surface area contributed by atoms with Gasteiger partial charge in [0.2, 0.25) is 5.88 Å². The summed E-state index contributed by atoms with van der Waals surface area (Å²) in [6.07, 6.45) is 1.89. The summed E-state index contributed by atoms with van der Waals surface area (Å²) in [5.41, 5.74) is 0.617. The molecule has 1 heterocycles. The monoisotopic (exact) mass is 279 g/mol. The van der Waals surface area contributed by atoms with E-state index in [0.29, 0.717) is 28.8 Å². The second-order valence-electron chi connectivity index (χ2n) is 3.66. The molecular formula is C12H10ClN3O3. The molecule has 0 radical (unpaired) electrons. The summed E-state index contributed by atoms with van der Waals surface area (Å²) in [7, 11) is 0. The van der Waals surface area contributed by atoms with E-state index < -0.39 is 4.92 Å². The van der Waals surface area contributed by atoms with Gasteiger partial charge in [-0.15, -0.1) is 0 Å². The molecule has 2 rings (SSSR count). The lowest BCUT2D eigenvalue weighted by molar-refractivity contribution is -0.384. The first kappa shape index (κ1) is 13.2. The Morgan fingerprint density at radius 2 is 2.21 bits per heavy atom.